The third-order valence-corrected chi connectivity index (χ3v) is 10.1. The first-order valence-electron chi connectivity index (χ1n) is 19.8. The van der Waals surface area contributed by atoms with E-state index in [1.807, 2.05) is 58.5 Å². The van der Waals surface area contributed by atoms with Crippen LogP contribution < -0.4 is 4.74 Å². The molecule has 2 aromatic heterocycles. The summed E-state index contributed by atoms with van der Waals surface area (Å²) in [6.07, 6.45) is 0.927. The Labute approximate surface area is 362 Å². The number of carbonyl (C=O) groups excluding carboxylic acids is 2. The smallest absolute Gasteiger partial charge is 0.356 e. The predicted molar refractivity (Wildman–Crippen MR) is 228 cm³/mol. The van der Waals surface area contributed by atoms with Gasteiger partial charge in [-0.2, -0.15) is 17.0 Å². The van der Waals surface area contributed by atoms with Crippen molar-refractivity contribution < 1.29 is 52.6 Å². The number of esters is 2. The van der Waals surface area contributed by atoms with Gasteiger partial charge in [0.2, 0.25) is 0 Å². The Morgan fingerprint density at radius 3 is 1.67 bits per heavy atom. The molecule has 0 aliphatic rings. The number of hydrogen-bond acceptors (Lipinski definition) is 18. The number of thioether (sulfide) groups is 2. The summed E-state index contributed by atoms with van der Waals surface area (Å²) in [4.78, 5) is 37.8. The lowest BCUT2D eigenvalue weighted by atomic mass is 10.3. The highest BCUT2D eigenvalue weighted by Crippen LogP contribution is 2.20. The third-order valence-electron chi connectivity index (χ3n) is 8.42. The van der Waals surface area contributed by atoms with Crippen LogP contribution in [0.1, 0.15) is 38.8 Å². The molecule has 0 aliphatic carbocycles. The molecule has 0 saturated heterocycles. The summed E-state index contributed by atoms with van der Waals surface area (Å²) in [6.45, 7) is 8.79. The molecule has 0 aliphatic heterocycles. The Hall–Kier alpha value is -3.87. The minimum absolute atomic E-state index is 0.0143. The molecule has 0 unspecified atom stereocenters. The SMILES string of the molecule is COC(=O)c1cccc(CN(CCO)CCOCCOCCN(CCOCCCSCCOCCOCCOc2ccc(SC#N)cc2)Cc2cccc(C(=O)OC)n2)n1. The molecule has 0 saturated carbocycles. The average molecular weight is 874 g/mol. The Bertz CT molecular complexity index is 1650. The Kier molecular flexibility index (Phi) is 27.6. The summed E-state index contributed by atoms with van der Waals surface area (Å²) in [5.41, 5.74) is 1.94. The van der Waals surface area contributed by atoms with E-state index >= 15 is 0 Å². The molecular formula is C42H59N5O11S2. The summed E-state index contributed by atoms with van der Waals surface area (Å²) in [7, 11) is 2.65. The van der Waals surface area contributed by atoms with Crippen molar-refractivity contribution in [3.8, 4) is 11.2 Å². The van der Waals surface area contributed by atoms with Crippen molar-refractivity contribution in [2.24, 2.45) is 0 Å². The Balaban J connectivity index is 1.24. The molecule has 0 radical (unpaired) electrons. The maximum atomic E-state index is 12.0. The standard InChI is InChI=1S/C42H59N5O11S2/c1-51-41(49)39-8-3-6-35(44-39)32-46(14-18-48)15-21-54-23-24-55-22-17-47(33-36-7-4-9-40(45-36)42(50)52-2)16-20-53-19-5-30-59-31-29-57-26-25-56-27-28-58-37-10-12-38(13-11-37)60-34-43/h3-4,6-13,48H,5,14-33H2,1-2H3. The normalized spacial score (nSPS) is 11.2. The van der Waals surface area contributed by atoms with Crippen LogP contribution in [0, 0.1) is 10.7 Å². The highest BCUT2D eigenvalue weighted by molar-refractivity contribution is 8.03. The molecule has 0 spiro atoms. The molecule has 0 fully saturated rings. The van der Waals surface area contributed by atoms with Crippen molar-refractivity contribution in [3.63, 3.8) is 0 Å². The number of thiocyanates is 1. The number of methoxy groups -OCH3 is 2. The van der Waals surface area contributed by atoms with Gasteiger partial charge in [0.1, 0.15) is 29.1 Å². The van der Waals surface area contributed by atoms with Crippen LogP contribution in [0.25, 0.3) is 0 Å². The molecule has 3 aromatic rings. The van der Waals surface area contributed by atoms with Crippen LogP contribution in [0.5, 0.6) is 5.75 Å². The average Bonchev–Trinajstić information content (AvgIpc) is 3.27. The van der Waals surface area contributed by atoms with E-state index in [2.05, 4.69) is 14.9 Å². The van der Waals surface area contributed by atoms with Gasteiger partial charge in [0.25, 0.3) is 0 Å². The lowest BCUT2D eigenvalue weighted by molar-refractivity contribution is 0.0244. The summed E-state index contributed by atoms with van der Waals surface area (Å²) < 4.78 is 44.1. The predicted octanol–water partition coefficient (Wildman–Crippen LogP) is 4.20. The maximum Gasteiger partial charge on any atom is 0.356 e. The van der Waals surface area contributed by atoms with Crippen LogP contribution in [0.2, 0.25) is 0 Å². The monoisotopic (exact) mass is 873 g/mol. The fourth-order valence-corrected chi connectivity index (χ4v) is 6.54. The fraction of sp³-hybridized carbons (Fsp3) is 0.548. The number of aliphatic hydroxyl groups excluding tert-OH is 1. The molecule has 1 N–H and O–H groups in total. The second kappa shape index (κ2) is 32.8. The van der Waals surface area contributed by atoms with Crippen LogP contribution in [-0.2, 0) is 46.2 Å². The first kappa shape index (κ1) is 50.5. The van der Waals surface area contributed by atoms with Gasteiger partial charge >= 0.3 is 11.9 Å². The molecule has 3 rings (SSSR count). The number of aromatic nitrogens is 2. The van der Waals surface area contributed by atoms with Crippen molar-refractivity contribution >= 4 is 35.5 Å². The number of nitrogens with zero attached hydrogens (tertiary/aromatic N) is 5. The molecule has 18 heteroatoms. The van der Waals surface area contributed by atoms with Gasteiger partial charge in [-0.1, -0.05) is 12.1 Å². The largest absolute Gasteiger partial charge is 0.491 e. The van der Waals surface area contributed by atoms with Gasteiger partial charge in [0.05, 0.1) is 91.7 Å². The molecule has 0 amide bonds. The van der Waals surface area contributed by atoms with Crippen molar-refractivity contribution in [1.82, 2.24) is 19.8 Å². The molecule has 60 heavy (non-hydrogen) atoms. The summed E-state index contributed by atoms with van der Waals surface area (Å²) >= 11 is 2.94. The maximum absolute atomic E-state index is 12.0. The van der Waals surface area contributed by atoms with Crippen molar-refractivity contribution in [2.45, 2.75) is 24.4 Å². The van der Waals surface area contributed by atoms with E-state index in [4.69, 9.17) is 43.2 Å². The second-order valence-corrected chi connectivity index (χ2v) is 14.9. The lowest BCUT2D eigenvalue weighted by Gasteiger charge is -2.22. The number of rotatable bonds is 35. The van der Waals surface area contributed by atoms with Crippen LogP contribution in [-0.4, -0.2) is 168 Å². The molecule has 330 valence electrons. The number of hydrogen-bond donors (Lipinski definition) is 1. The number of pyridine rings is 2. The number of nitriles is 1. The zero-order chi connectivity index (χ0) is 42.9. The first-order chi connectivity index (χ1) is 29.4. The molecule has 16 nitrogen and oxygen atoms in total. The zero-order valence-corrected chi connectivity index (χ0v) is 36.3. The van der Waals surface area contributed by atoms with Crippen LogP contribution in [0.15, 0.2) is 65.6 Å². The lowest BCUT2D eigenvalue weighted by Crippen LogP contribution is -2.32. The zero-order valence-electron chi connectivity index (χ0n) is 34.7. The second-order valence-electron chi connectivity index (χ2n) is 12.8. The third kappa shape index (κ3) is 22.7. The van der Waals surface area contributed by atoms with Crippen molar-refractivity contribution in [2.75, 3.05) is 131 Å². The Morgan fingerprint density at radius 2 is 1.13 bits per heavy atom. The van der Waals surface area contributed by atoms with Gasteiger partial charge in [-0.15, -0.1) is 0 Å². The molecule has 2 heterocycles. The van der Waals surface area contributed by atoms with Gasteiger partial charge in [-0.3, -0.25) is 9.80 Å². The van der Waals surface area contributed by atoms with Crippen molar-refractivity contribution in [1.29, 1.82) is 5.26 Å². The van der Waals surface area contributed by atoms with E-state index in [1.165, 1.54) is 14.2 Å². The fourth-order valence-electron chi connectivity index (χ4n) is 5.40. The van der Waals surface area contributed by atoms with Gasteiger partial charge in [0, 0.05) is 56.5 Å². The molecular weight excluding hydrogens is 815 g/mol. The van der Waals surface area contributed by atoms with E-state index in [1.54, 1.807) is 24.3 Å². The number of ether oxygens (including phenoxy) is 8. The molecule has 1 aromatic carbocycles. The quantitative estimate of drug-likeness (QED) is 0.0384. The topological polar surface area (TPSA) is 184 Å². The van der Waals surface area contributed by atoms with E-state index in [0.717, 1.165) is 46.0 Å². The number of benzene rings is 1. The van der Waals surface area contributed by atoms with Crippen LogP contribution in [0.4, 0.5) is 0 Å². The van der Waals surface area contributed by atoms with E-state index in [0.29, 0.717) is 118 Å². The highest BCUT2D eigenvalue weighted by Gasteiger charge is 2.13. The van der Waals surface area contributed by atoms with E-state index < -0.39 is 11.9 Å². The Morgan fingerprint density at radius 1 is 0.633 bits per heavy atom. The van der Waals surface area contributed by atoms with Crippen molar-refractivity contribution in [3.05, 3.63) is 83.4 Å². The summed E-state index contributed by atoms with van der Waals surface area (Å²) in [5.74, 6) is 1.64. The van der Waals surface area contributed by atoms with E-state index in [-0.39, 0.29) is 18.0 Å². The minimum atomic E-state index is -0.495. The molecule has 0 bridgehead atoms. The number of aliphatic hydroxyl groups is 1. The summed E-state index contributed by atoms with van der Waals surface area (Å²) in [6, 6.07) is 17.9. The van der Waals surface area contributed by atoms with Gasteiger partial charge in [-0.05, 0) is 72.5 Å². The highest BCUT2D eigenvalue weighted by atomic mass is 32.2. The van der Waals surface area contributed by atoms with Gasteiger partial charge < -0.3 is 43.0 Å². The summed E-state index contributed by atoms with van der Waals surface area (Å²) in [5, 5.41) is 20.3. The van der Waals surface area contributed by atoms with Gasteiger partial charge in [0.15, 0.2) is 0 Å². The number of carbonyl (C=O) groups is 2. The van der Waals surface area contributed by atoms with E-state index in [9.17, 15) is 14.7 Å². The van der Waals surface area contributed by atoms with Crippen LogP contribution in [0.3, 0.4) is 0 Å². The minimum Gasteiger partial charge on any atom is -0.491 e. The first-order valence-corrected chi connectivity index (χ1v) is 21.8. The van der Waals surface area contributed by atoms with Gasteiger partial charge in [-0.25, -0.2) is 19.6 Å². The van der Waals surface area contributed by atoms with Crippen LogP contribution >= 0.6 is 23.5 Å². The molecule has 0 atom stereocenters.